The van der Waals surface area contributed by atoms with Gasteiger partial charge in [0.25, 0.3) is 0 Å². The topological polar surface area (TPSA) is 56.1 Å². The fourth-order valence-corrected chi connectivity index (χ4v) is 3.51. The van der Waals surface area contributed by atoms with E-state index in [0.29, 0.717) is 17.9 Å². The molecule has 0 saturated heterocycles. The van der Waals surface area contributed by atoms with Crippen LogP contribution in [0.25, 0.3) is 0 Å². The lowest BCUT2D eigenvalue weighted by atomic mass is 9.87. The van der Waals surface area contributed by atoms with Crippen molar-refractivity contribution in [1.82, 2.24) is 9.78 Å². The second kappa shape index (κ2) is 5.96. The van der Waals surface area contributed by atoms with Gasteiger partial charge in [-0.05, 0) is 52.2 Å². The predicted molar refractivity (Wildman–Crippen MR) is 94.4 cm³/mol. The van der Waals surface area contributed by atoms with Crippen molar-refractivity contribution in [1.29, 1.82) is 0 Å². The molecule has 0 aliphatic carbocycles. The number of nitrogens with zero attached hydrogens (tertiary/aromatic N) is 2. The molecule has 128 valence electrons. The minimum atomic E-state index is -0.315. The van der Waals surface area contributed by atoms with Crippen molar-refractivity contribution in [3.05, 3.63) is 46.6 Å². The van der Waals surface area contributed by atoms with Gasteiger partial charge in [0.2, 0.25) is 0 Å². The van der Waals surface area contributed by atoms with E-state index in [1.807, 2.05) is 24.6 Å². The molecule has 1 unspecified atom stereocenters. The molecule has 0 saturated carbocycles. The number of rotatable bonds is 3. The van der Waals surface area contributed by atoms with Crippen LogP contribution in [0.2, 0.25) is 0 Å². The lowest BCUT2D eigenvalue weighted by Gasteiger charge is -2.38. The van der Waals surface area contributed by atoms with Crippen LogP contribution in [0.15, 0.2) is 24.3 Å². The summed E-state index contributed by atoms with van der Waals surface area (Å²) in [7, 11) is 0. The molecule has 0 fully saturated rings. The molecule has 0 radical (unpaired) electrons. The maximum Gasteiger partial charge on any atom is 0.343 e. The standard InChI is InChI=1S/C19H25N3O2/c1-6-24-18(23)16-13(3)21-22-17(16)20-15(11-19(22,4)5)14-10-8-7-9-12(14)2/h7-10,15,20H,6,11H2,1-5H3. The molecule has 1 aromatic carbocycles. The third-order valence-corrected chi connectivity index (χ3v) is 4.69. The summed E-state index contributed by atoms with van der Waals surface area (Å²) in [6, 6.07) is 8.50. The van der Waals surface area contributed by atoms with Crippen molar-refractivity contribution in [3.63, 3.8) is 0 Å². The highest BCUT2D eigenvalue weighted by Gasteiger charge is 2.38. The number of esters is 1. The van der Waals surface area contributed by atoms with Crippen LogP contribution in [-0.2, 0) is 10.3 Å². The van der Waals surface area contributed by atoms with Crippen LogP contribution >= 0.6 is 0 Å². The zero-order valence-electron chi connectivity index (χ0n) is 15.0. The fourth-order valence-electron chi connectivity index (χ4n) is 3.51. The molecule has 1 atom stereocenters. The molecule has 1 N–H and O–H groups in total. The Morgan fingerprint density at radius 3 is 2.75 bits per heavy atom. The minimum Gasteiger partial charge on any atom is -0.462 e. The molecule has 0 amide bonds. The number of carbonyl (C=O) groups excluding carboxylic acids is 1. The van der Waals surface area contributed by atoms with E-state index >= 15 is 0 Å². The average molecular weight is 327 g/mol. The summed E-state index contributed by atoms with van der Waals surface area (Å²) in [5.74, 6) is 0.445. The summed E-state index contributed by atoms with van der Waals surface area (Å²) < 4.78 is 7.17. The van der Waals surface area contributed by atoms with E-state index in [1.165, 1.54) is 11.1 Å². The van der Waals surface area contributed by atoms with Crippen molar-refractivity contribution in [2.24, 2.45) is 0 Å². The monoisotopic (exact) mass is 327 g/mol. The fraction of sp³-hybridized carbons (Fsp3) is 0.474. The van der Waals surface area contributed by atoms with Gasteiger partial charge in [-0.15, -0.1) is 0 Å². The van der Waals surface area contributed by atoms with Crippen molar-refractivity contribution >= 4 is 11.8 Å². The van der Waals surface area contributed by atoms with Gasteiger partial charge in [0.1, 0.15) is 11.4 Å². The van der Waals surface area contributed by atoms with Crippen LogP contribution in [0.3, 0.4) is 0 Å². The molecule has 5 heteroatoms. The number of hydrogen-bond donors (Lipinski definition) is 1. The number of carbonyl (C=O) groups is 1. The largest absolute Gasteiger partial charge is 0.462 e. The van der Waals surface area contributed by atoms with Crippen LogP contribution < -0.4 is 5.32 Å². The lowest BCUT2D eigenvalue weighted by Crippen LogP contribution is -2.38. The number of hydrogen-bond acceptors (Lipinski definition) is 4. The second-order valence-electron chi connectivity index (χ2n) is 7.01. The zero-order chi connectivity index (χ0) is 17.5. The van der Waals surface area contributed by atoms with E-state index in [4.69, 9.17) is 4.74 Å². The first-order chi connectivity index (χ1) is 11.3. The average Bonchev–Trinajstić information content (AvgIpc) is 2.85. The Morgan fingerprint density at radius 2 is 2.08 bits per heavy atom. The second-order valence-corrected chi connectivity index (χ2v) is 7.01. The normalized spacial score (nSPS) is 18.6. The number of ether oxygens (including phenoxy) is 1. The highest BCUT2D eigenvalue weighted by Crippen LogP contribution is 2.41. The summed E-state index contributed by atoms with van der Waals surface area (Å²) in [6.45, 7) is 10.5. The first kappa shape index (κ1) is 16.6. The van der Waals surface area contributed by atoms with E-state index in [9.17, 15) is 4.79 Å². The van der Waals surface area contributed by atoms with Gasteiger partial charge in [-0.3, -0.25) is 0 Å². The summed E-state index contributed by atoms with van der Waals surface area (Å²) >= 11 is 0. The molecule has 1 aliphatic rings. The molecule has 5 nitrogen and oxygen atoms in total. The summed E-state index contributed by atoms with van der Waals surface area (Å²) in [5, 5.41) is 8.15. The van der Waals surface area contributed by atoms with Gasteiger partial charge in [-0.1, -0.05) is 24.3 Å². The quantitative estimate of drug-likeness (QED) is 0.867. The van der Waals surface area contributed by atoms with Crippen molar-refractivity contribution in [3.8, 4) is 0 Å². The number of benzene rings is 1. The van der Waals surface area contributed by atoms with E-state index in [1.54, 1.807) is 0 Å². The summed E-state index contributed by atoms with van der Waals surface area (Å²) in [5.41, 5.74) is 3.56. The van der Waals surface area contributed by atoms with E-state index < -0.39 is 0 Å². The number of fused-ring (bicyclic) bond motifs is 1. The molecule has 24 heavy (non-hydrogen) atoms. The molecule has 2 aromatic rings. The number of anilines is 1. The molecular formula is C19H25N3O2. The SMILES string of the molecule is CCOC(=O)c1c(C)nn2c1NC(c1ccccc1C)CC2(C)C. The number of aryl methyl sites for hydroxylation is 2. The third kappa shape index (κ3) is 2.68. The molecule has 1 aliphatic heterocycles. The Bertz CT molecular complexity index is 777. The van der Waals surface area contributed by atoms with E-state index in [0.717, 1.165) is 12.2 Å². The number of aromatic nitrogens is 2. The summed E-state index contributed by atoms with van der Waals surface area (Å²) in [6.07, 6.45) is 0.897. The number of nitrogens with one attached hydrogen (secondary N) is 1. The van der Waals surface area contributed by atoms with Crippen LogP contribution in [0, 0.1) is 13.8 Å². The maximum atomic E-state index is 12.4. The Morgan fingerprint density at radius 1 is 1.38 bits per heavy atom. The molecule has 2 heterocycles. The third-order valence-electron chi connectivity index (χ3n) is 4.69. The van der Waals surface area contributed by atoms with Gasteiger partial charge in [-0.2, -0.15) is 5.10 Å². The highest BCUT2D eigenvalue weighted by atomic mass is 16.5. The predicted octanol–water partition coefficient (Wildman–Crippen LogP) is 3.97. The van der Waals surface area contributed by atoms with Gasteiger partial charge in [0, 0.05) is 0 Å². The summed E-state index contributed by atoms with van der Waals surface area (Å²) in [4.78, 5) is 12.4. The first-order valence-corrected chi connectivity index (χ1v) is 8.44. The molecule has 0 bridgehead atoms. The van der Waals surface area contributed by atoms with Crippen molar-refractivity contribution in [2.45, 2.75) is 52.6 Å². The Kier molecular flexibility index (Phi) is 4.11. The maximum absolute atomic E-state index is 12.4. The van der Waals surface area contributed by atoms with Crippen LogP contribution in [0.1, 0.15) is 60.4 Å². The minimum absolute atomic E-state index is 0.137. The molecule has 3 rings (SSSR count). The van der Waals surface area contributed by atoms with Gasteiger partial charge in [0.15, 0.2) is 0 Å². The van der Waals surface area contributed by atoms with Crippen molar-refractivity contribution < 1.29 is 9.53 Å². The van der Waals surface area contributed by atoms with E-state index in [-0.39, 0.29) is 17.6 Å². The first-order valence-electron chi connectivity index (χ1n) is 8.44. The molecule has 0 spiro atoms. The smallest absolute Gasteiger partial charge is 0.343 e. The lowest BCUT2D eigenvalue weighted by molar-refractivity contribution is 0.0526. The van der Waals surface area contributed by atoms with Crippen LogP contribution in [0.5, 0.6) is 0 Å². The Hall–Kier alpha value is -2.30. The van der Waals surface area contributed by atoms with E-state index in [2.05, 4.69) is 49.4 Å². The Labute approximate surface area is 143 Å². The molecular weight excluding hydrogens is 302 g/mol. The highest BCUT2D eigenvalue weighted by molar-refractivity contribution is 5.96. The molecule has 1 aromatic heterocycles. The van der Waals surface area contributed by atoms with Crippen molar-refractivity contribution in [2.75, 3.05) is 11.9 Å². The van der Waals surface area contributed by atoms with Crippen LogP contribution in [-0.4, -0.2) is 22.4 Å². The van der Waals surface area contributed by atoms with Gasteiger partial charge >= 0.3 is 5.97 Å². The Balaban J connectivity index is 2.08. The van der Waals surface area contributed by atoms with Gasteiger partial charge in [-0.25, -0.2) is 9.48 Å². The van der Waals surface area contributed by atoms with Crippen LogP contribution in [0.4, 0.5) is 5.82 Å². The van der Waals surface area contributed by atoms with Gasteiger partial charge in [0.05, 0.1) is 23.9 Å². The zero-order valence-corrected chi connectivity index (χ0v) is 15.0. The van der Waals surface area contributed by atoms with Gasteiger partial charge < -0.3 is 10.1 Å².